The molecule has 0 atom stereocenters. The summed E-state index contributed by atoms with van der Waals surface area (Å²) in [6.07, 6.45) is 1.78. The van der Waals surface area contributed by atoms with Gasteiger partial charge in [-0.25, -0.2) is 0 Å². The summed E-state index contributed by atoms with van der Waals surface area (Å²) in [6, 6.07) is 21.8. The first kappa shape index (κ1) is 23.7. The number of halogens is 2. The van der Waals surface area contributed by atoms with Crippen LogP contribution in [0.3, 0.4) is 0 Å². The van der Waals surface area contributed by atoms with E-state index in [0.29, 0.717) is 41.2 Å². The molecule has 0 bridgehead atoms. The van der Waals surface area contributed by atoms with Gasteiger partial charge in [-0.1, -0.05) is 41.4 Å². The lowest BCUT2D eigenvalue weighted by molar-refractivity contribution is 0.102. The lowest BCUT2D eigenvalue weighted by Crippen LogP contribution is -2.13. The van der Waals surface area contributed by atoms with E-state index in [4.69, 9.17) is 32.7 Å². The Kier molecular flexibility index (Phi) is 7.72. The molecule has 174 valence electrons. The molecule has 34 heavy (non-hydrogen) atoms. The van der Waals surface area contributed by atoms with Crippen molar-refractivity contribution in [3.05, 3.63) is 106 Å². The number of carbonyl (C=O) groups excluding carboxylic acids is 1. The number of amides is 1. The first-order chi connectivity index (χ1) is 16.5. The van der Waals surface area contributed by atoms with Gasteiger partial charge >= 0.3 is 0 Å². The Morgan fingerprint density at radius 1 is 0.971 bits per heavy atom. The van der Waals surface area contributed by atoms with Gasteiger partial charge in [0.05, 0.1) is 13.2 Å². The van der Waals surface area contributed by atoms with Crippen molar-refractivity contribution < 1.29 is 14.3 Å². The molecule has 0 spiro atoms. The monoisotopic (exact) mass is 495 g/mol. The molecule has 6 nitrogen and oxygen atoms in total. The zero-order chi connectivity index (χ0) is 23.9. The molecule has 8 heteroatoms. The maximum absolute atomic E-state index is 12.7. The molecule has 0 fully saturated rings. The topological polar surface area (TPSA) is 65.4 Å². The standard InChI is InChI=1S/C26H23Cl2N3O3/c1-2-33-22-8-10-23(11-9-22)34-17-18-4-3-5-19(14-18)26(32)29-25-12-13-31(30-25)16-20-6-7-21(27)15-24(20)28/h3-15H,2,16-17H2,1H3,(H,29,30,32). The first-order valence-electron chi connectivity index (χ1n) is 10.7. The fourth-order valence-corrected chi connectivity index (χ4v) is 3.77. The fraction of sp³-hybridized carbons (Fsp3) is 0.154. The summed E-state index contributed by atoms with van der Waals surface area (Å²) < 4.78 is 13.0. The highest BCUT2D eigenvalue weighted by atomic mass is 35.5. The fourth-order valence-electron chi connectivity index (χ4n) is 3.30. The Labute approximate surface area is 208 Å². The summed E-state index contributed by atoms with van der Waals surface area (Å²) in [5, 5.41) is 8.38. The molecule has 0 radical (unpaired) electrons. The van der Waals surface area contributed by atoms with Crippen LogP contribution in [0.1, 0.15) is 28.4 Å². The van der Waals surface area contributed by atoms with Crippen molar-refractivity contribution in [1.29, 1.82) is 0 Å². The molecular formula is C26H23Cl2N3O3. The van der Waals surface area contributed by atoms with Gasteiger partial charge in [-0.3, -0.25) is 9.48 Å². The van der Waals surface area contributed by atoms with Gasteiger partial charge < -0.3 is 14.8 Å². The van der Waals surface area contributed by atoms with E-state index in [1.165, 1.54) is 0 Å². The number of hydrogen-bond donors (Lipinski definition) is 1. The summed E-state index contributed by atoms with van der Waals surface area (Å²) in [6.45, 7) is 3.36. The predicted octanol–water partition coefficient (Wildman–Crippen LogP) is 6.47. The lowest BCUT2D eigenvalue weighted by Gasteiger charge is -2.09. The number of nitrogens with one attached hydrogen (secondary N) is 1. The Bertz CT molecular complexity index is 1270. The van der Waals surface area contributed by atoms with E-state index in [9.17, 15) is 4.79 Å². The molecule has 0 unspecified atom stereocenters. The van der Waals surface area contributed by atoms with E-state index >= 15 is 0 Å². The van der Waals surface area contributed by atoms with E-state index in [1.807, 2.05) is 49.4 Å². The molecule has 0 saturated heterocycles. The zero-order valence-corrected chi connectivity index (χ0v) is 20.0. The predicted molar refractivity (Wildman–Crippen MR) is 134 cm³/mol. The number of benzene rings is 3. The summed E-state index contributed by atoms with van der Waals surface area (Å²) >= 11 is 12.2. The molecule has 1 heterocycles. The largest absolute Gasteiger partial charge is 0.494 e. The first-order valence-corrected chi connectivity index (χ1v) is 11.5. The van der Waals surface area contributed by atoms with Crippen LogP contribution in [0.4, 0.5) is 5.82 Å². The maximum atomic E-state index is 12.7. The Morgan fingerprint density at radius 2 is 1.74 bits per heavy atom. The summed E-state index contributed by atoms with van der Waals surface area (Å²) in [7, 11) is 0. The highest BCUT2D eigenvalue weighted by Gasteiger charge is 2.10. The van der Waals surface area contributed by atoms with Crippen molar-refractivity contribution in [3.8, 4) is 11.5 Å². The van der Waals surface area contributed by atoms with E-state index < -0.39 is 0 Å². The minimum atomic E-state index is -0.252. The number of ether oxygens (including phenoxy) is 2. The SMILES string of the molecule is CCOc1ccc(OCc2cccc(C(=O)Nc3ccn(Cc4ccc(Cl)cc4Cl)n3)c2)cc1. The third-order valence-corrected chi connectivity index (χ3v) is 5.55. The van der Waals surface area contributed by atoms with Crippen molar-refractivity contribution in [2.45, 2.75) is 20.1 Å². The second-order valence-corrected chi connectivity index (χ2v) is 8.33. The van der Waals surface area contributed by atoms with Gasteiger partial charge in [-0.15, -0.1) is 0 Å². The van der Waals surface area contributed by atoms with Gasteiger partial charge in [0, 0.05) is 27.9 Å². The number of carbonyl (C=O) groups is 1. The normalized spacial score (nSPS) is 10.7. The van der Waals surface area contributed by atoms with E-state index in [0.717, 1.165) is 22.6 Å². The van der Waals surface area contributed by atoms with Crippen molar-refractivity contribution >= 4 is 34.9 Å². The van der Waals surface area contributed by atoms with Crippen molar-refractivity contribution in [3.63, 3.8) is 0 Å². The van der Waals surface area contributed by atoms with Gasteiger partial charge in [0.25, 0.3) is 5.91 Å². The molecule has 0 aliphatic carbocycles. The van der Waals surface area contributed by atoms with E-state index in [-0.39, 0.29) is 5.91 Å². The van der Waals surface area contributed by atoms with Crippen LogP contribution in [0.15, 0.2) is 79.0 Å². The average Bonchev–Trinajstić information content (AvgIpc) is 3.27. The second kappa shape index (κ2) is 11.1. The molecule has 0 aliphatic heterocycles. The highest BCUT2D eigenvalue weighted by molar-refractivity contribution is 6.35. The van der Waals surface area contributed by atoms with Crippen molar-refractivity contribution in [2.24, 2.45) is 0 Å². The number of nitrogens with zero attached hydrogens (tertiary/aromatic N) is 2. The molecule has 0 aliphatic rings. The van der Waals surface area contributed by atoms with Crippen LogP contribution in [0.2, 0.25) is 10.0 Å². The molecule has 3 aromatic carbocycles. The van der Waals surface area contributed by atoms with Crippen LogP contribution in [0.5, 0.6) is 11.5 Å². The van der Waals surface area contributed by atoms with Crippen LogP contribution >= 0.6 is 23.2 Å². The number of anilines is 1. The van der Waals surface area contributed by atoms with Crippen molar-refractivity contribution in [2.75, 3.05) is 11.9 Å². The number of hydrogen-bond acceptors (Lipinski definition) is 4. The van der Waals surface area contributed by atoms with Crippen LogP contribution in [0.25, 0.3) is 0 Å². The second-order valence-electron chi connectivity index (χ2n) is 7.48. The van der Waals surface area contributed by atoms with Gasteiger partial charge in [-0.2, -0.15) is 5.10 Å². The Balaban J connectivity index is 1.35. The van der Waals surface area contributed by atoms with Crippen LogP contribution < -0.4 is 14.8 Å². The zero-order valence-electron chi connectivity index (χ0n) is 18.5. The molecule has 1 amide bonds. The van der Waals surface area contributed by atoms with Crippen LogP contribution in [-0.2, 0) is 13.2 Å². The minimum Gasteiger partial charge on any atom is -0.494 e. The molecule has 4 rings (SSSR count). The van der Waals surface area contributed by atoms with Gasteiger partial charge in [0.2, 0.25) is 0 Å². The minimum absolute atomic E-state index is 0.252. The number of rotatable bonds is 9. The lowest BCUT2D eigenvalue weighted by atomic mass is 10.1. The van der Waals surface area contributed by atoms with Crippen molar-refractivity contribution in [1.82, 2.24) is 9.78 Å². The van der Waals surface area contributed by atoms with Crippen LogP contribution in [-0.4, -0.2) is 22.3 Å². The third kappa shape index (κ3) is 6.31. The van der Waals surface area contributed by atoms with Crippen LogP contribution in [0, 0.1) is 0 Å². The highest BCUT2D eigenvalue weighted by Crippen LogP contribution is 2.22. The molecule has 0 saturated carbocycles. The summed E-state index contributed by atoms with van der Waals surface area (Å²) in [5.74, 6) is 1.72. The van der Waals surface area contributed by atoms with Gasteiger partial charge in [0.1, 0.15) is 18.1 Å². The third-order valence-electron chi connectivity index (χ3n) is 4.96. The summed E-state index contributed by atoms with van der Waals surface area (Å²) in [5.41, 5.74) is 2.28. The Hall–Kier alpha value is -3.48. The van der Waals surface area contributed by atoms with E-state index in [1.54, 1.807) is 41.2 Å². The number of aromatic nitrogens is 2. The average molecular weight is 496 g/mol. The molecular weight excluding hydrogens is 473 g/mol. The van der Waals surface area contributed by atoms with Gasteiger partial charge in [-0.05, 0) is 66.6 Å². The van der Waals surface area contributed by atoms with E-state index in [2.05, 4.69) is 10.4 Å². The van der Waals surface area contributed by atoms with Gasteiger partial charge in [0.15, 0.2) is 5.82 Å². The molecule has 1 aromatic heterocycles. The Morgan fingerprint density at radius 3 is 2.47 bits per heavy atom. The maximum Gasteiger partial charge on any atom is 0.256 e. The molecule has 1 N–H and O–H groups in total. The molecule has 4 aromatic rings. The quantitative estimate of drug-likeness (QED) is 0.289. The summed E-state index contributed by atoms with van der Waals surface area (Å²) in [4.78, 5) is 12.7. The smallest absolute Gasteiger partial charge is 0.256 e.